The molecule has 0 unspecified atom stereocenters. The number of nitrogens with zero attached hydrogens (tertiary/aromatic N) is 5. The van der Waals surface area contributed by atoms with Crippen LogP contribution in [-0.4, -0.2) is 57.0 Å². The first-order valence-corrected chi connectivity index (χ1v) is 15.1. The number of rotatable bonds is 8. The fourth-order valence-corrected chi connectivity index (χ4v) is 5.45. The van der Waals surface area contributed by atoms with Gasteiger partial charge in [0.05, 0.1) is 17.1 Å². The van der Waals surface area contributed by atoms with Crippen molar-refractivity contribution in [3.63, 3.8) is 0 Å². The van der Waals surface area contributed by atoms with Crippen LogP contribution in [0, 0.1) is 6.92 Å². The molecule has 0 radical (unpaired) electrons. The van der Waals surface area contributed by atoms with Crippen molar-refractivity contribution in [3.8, 4) is 22.8 Å². The fourth-order valence-electron chi connectivity index (χ4n) is 4.60. The standard InChI is InChI=1S/C31H28F5N7O3S/c1-17(2)23-14-5-18(3)15-24(23)42-25(44)16-47-29(42)40-28(45)38-20-8-6-19(7-9-20)26-39-27(37-4)43(41-26)21-10-12-22(13-11-21)46-31(35,36)30(32,33)34/h5-15,17H,16H2,1-4H3,(H,38,45)(H,37,39,41). The first-order chi connectivity index (χ1) is 22.2. The van der Waals surface area contributed by atoms with Gasteiger partial charge in [0, 0.05) is 18.3 Å². The number of alkyl halides is 5. The lowest BCUT2D eigenvalue weighted by Crippen LogP contribution is -2.41. The van der Waals surface area contributed by atoms with E-state index in [0.717, 1.165) is 23.3 Å². The van der Waals surface area contributed by atoms with Gasteiger partial charge in [-0.05, 0) is 78.6 Å². The average molecular weight is 674 g/mol. The first-order valence-electron chi connectivity index (χ1n) is 14.1. The minimum absolute atomic E-state index is 0.144. The van der Waals surface area contributed by atoms with E-state index < -0.39 is 24.1 Å². The van der Waals surface area contributed by atoms with Crippen molar-refractivity contribution in [2.75, 3.05) is 28.3 Å². The van der Waals surface area contributed by atoms with Gasteiger partial charge in [0.1, 0.15) is 5.75 Å². The van der Waals surface area contributed by atoms with Gasteiger partial charge in [0.15, 0.2) is 11.0 Å². The number of aromatic nitrogens is 3. The Bertz CT molecular complexity index is 1820. The number of halogens is 5. The Labute approximate surface area is 270 Å². The van der Waals surface area contributed by atoms with Crippen LogP contribution in [0.5, 0.6) is 5.75 Å². The van der Waals surface area contributed by atoms with E-state index in [2.05, 4.69) is 30.4 Å². The van der Waals surface area contributed by atoms with E-state index in [0.29, 0.717) is 22.6 Å². The van der Waals surface area contributed by atoms with Gasteiger partial charge in [-0.25, -0.2) is 4.79 Å². The molecule has 2 heterocycles. The number of nitrogens with one attached hydrogen (secondary N) is 2. The maximum absolute atomic E-state index is 13.3. The largest absolute Gasteiger partial charge is 0.499 e. The minimum Gasteiger partial charge on any atom is -0.426 e. The zero-order valence-corrected chi connectivity index (χ0v) is 26.2. The first kappa shape index (κ1) is 33.4. The zero-order chi connectivity index (χ0) is 34.1. The third-order valence-corrected chi connectivity index (χ3v) is 7.82. The number of carbonyl (C=O) groups excluding carboxylic acids is 2. The second kappa shape index (κ2) is 13.0. The number of aliphatic imine (C=N–C) groups is 1. The summed E-state index contributed by atoms with van der Waals surface area (Å²) in [5.74, 6) is -0.0424. The maximum atomic E-state index is 13.3. The number of urea groups is 1. The van der Waals surface area contributed by atoms with E-state index in [1.165, 1.54) is 33.5 Å². The van der Waals surface area contributed by atoms with Gasteiger partial charge in [-0.15, -0.1) is 5.10 Å². The topological polar surface area (TPSA) is 114 Å². The van der Waals surface area contributed by atoms with Gasteiger partial charge in [-0.1, -0.05) is 37.7 Å². The van der Waals surface area contributed by atoms with Crippen LogP contribution in [0.3, 0.4) is 0 Å². The highest BCUT2D eigenvalue weighted by molar-refractivity contribution is 8.15. The average Bonchev–Trinajstić information content (AvgIpc) is 3.60. The number of aryl methyl sites for hydroxylation is 1. The van der Waals surface area contributed by atoms with Crippen molar-refractivity contribution in [2.45, 2.75) is 39.0 Å². The van der Waals surface area contributed by atoms with Crippen LogP contribution in [0.15, 0.2) is 71.7 Å². The molecule has 2 N–H and O–H groups in total. The van der Waals surface area contributed by atoms with Crippen molar-refractivity contribution < 1.29 is 36.3 Å². The van der Waals surface area contributed by atoms with Crippen molar-refractivity contribution in [1.82, 2.24) is 14.8 Å². The molecule has 47 heavy (non-hydrogen) atoms. The normalized spacial score (nSPS) is 14.6. The molecule has 0 atom stereocenters. The molecular weight excluding hydrogens is 645 g/mol. The molecule has 10 nitrogen and oxygen atoms in total. The number of amides is 3. The third kappa shape index (κ3) is 7.21. The smallest absolute Gasteiger partial charge is 0.426 e. The van der Waals surface area contributed by atoms with Gasteiger partial charge in [-0.3, -0.25) is 9.69 Å². The van der Waals surface area contributed by atoms with Crippen LogP contribution in [0.4, 0.5) is 44.1 Å². The lowest BCUT2D eigenvalue weighted by Gasteiger charge is -2.22. The van der Waals surface area contributed by atoms with E-state index in [1.807, 2.05) is 39.0 Å². The Morgan fingerprint density at radius 2 is 1.70 bits per heavy atom. The highest BCUT2D eigenvalue weighted by Crippen LogP contribution is 2.38. The number of hydrogen-bond donors (Lipinski definition) is 2. The second-order valence-electron chi connectivity index (χ2n) is 10.7. The van der Waals surface area contributed by atoms with Crippen molar-refractivity contribution >= 4 is 46.2 Å². The van der Waals surface area contributed by atoms with Crippen molar-refractivity contribution in [2.24, 2.45) is 4.99 Å². The van der Waals surface area contributed by atoms with Crippen LogP contribution in [0.25, 0.3) is 17.1 Å². The molecule has 3 amide bonds. The van der Waals surface area contributed by atoms with Gasteiger partial charge in [-0.2, -0.15) is 36.6 Å². The molecule has 3 aromatic carbocycles. The second-order valence-corrected chi connectivity index (χ2v) is 11.6. The van der Waals surface area contributed by atoms with Crippen LogP contribution >= 0.6 is 11.8 Å². The van der Waals surface area contributed by atoms with E-state index in [9.17, 15) is 31.5 Å². The molecule has 16 heteroatoms. The number of carbonyl (C=O) groups is 2. The fraction of sp³-hybridized carbons (Fsp3) is 0.258. The molecule has 0 spiro atoms. The summed E-state index contributed by atoms with van der Waals surface area (Å²) in [6.07, 6.45) is -11.2. The highest BCUT2D eigenvalue weighted by atomic mass is 32.2. The molecule has 0 aliphatic carbocycles. The lowest BCUT2D eigenvalue weighted by molar-refractivity contribution is -0.360. The maximum Gasteiger partial charge on any atom is 0.499 e. The number of ether oxygens (including phenoxy) is 1. The van der Waals surface area contributed by atoms with E-state index in [4.69, 9.17) is 0 Å². The minimum atomic E-state index is -5.87. The summed E-state index contributed by atoms with van der Waals surface area (Å²) in [6, 6.07) is 16.1. The summed E-state index contributed by atoms with van der Waals surface area (Å²) in [5.41, 5.74) is 3.91. The summed E-state index contributed by atoms with van der Waals surface area (Å²) >= 11 is 1.18. The molecule has 5 rings (SSSR count). The van der Waals surface area contributed by atoms with Gasteiger partial charge in [0.25, 0.3) is 0 Å². The molecule has 1 fully saturated rings. The number of anilines is 3. The highest BCUT2D eigenvalue weighted by Gasteiger charge is 2.61. The molecule has 0 bridgehead atoms. The summed E-state index contributed by atoms with van der Waals surface area (Å²) < 4.78 is 69.1. The predicted octanol–water partition coefficient (Wildman–Crippen LogP) is 7.61. The molecule has 1 aromatic heterocycles. The predicted molar refractivity (Wildman–Crippen MR) is 170 cm³/mol. The molecule has 0 saturated carbocycles. The SMILES string of the molecule is CNc1nc(-c2ccc(NC(=O)N=C3SCC(=O)N3c3cc(C)ccc3C(C)C)cc2)nn1-c1ccc(OC(F)(F)C(F)(F)F)cc1. The Hall–Kier alpha value is -4.99. The van der Waals surface area contributed by atoms with Crippen LogP contribution < -0.4 is 20.3 Å². The Kier molecular flexibility index (Phi) is 9.25. The van der Waals surface area contributed by atoms with Gasteiger partial charge < -0.3 is 15.4 Å². The summed E-state index contributed by atoms with van der Waals surface area (Å²) in [6.45, 7) is 5.98. The summed E-state index contributed by atoms with van der Waals surface area (Å²) in [4.78, 5) is 35.8. The van der Waals surface area contributed by atoms with Crippen molar-refractivity contribution in [3.05, 3.63) is 77.9 Å². The Morgan fingerprint density at radius 1 is 1.02 bits per heavy atom. The van der Waals surface area contributed by atoms with E-state index in [-0.39, 0.29) is 34.5 Å². The lowest BCUT2D eigenvalue weighted by atomic mass is 9.99. The molecule has 246 valence electrons. The molecular formula is C31H28F5N7O3S. The summed E-state index contributed by atoms with van der Waals surface area (Å²) in [5, 5.41) is 10.2. The van der Waals surface area contributed by atoms with Crippen LogP contribution in [-0.2, 0) is 4.79 Å². The third-order valence-electron chi connectivity index (χ3n) is 6.89. The molecule has 1 aliphatic heterocycles. The van der Waals surface area contributed by atoms with E-state index >= 15 is 0 Å². The van der Waals surface area contributed by atoms with Gasteiger partial charge in [0.2, 0.25) is 11.9 Å². The molecule has 1 saturated heterocycles. The van der Waals surface area contributed by atoms with Gasteiger partial charge >= 0.3 is 18.3 Å². The number of hydrogen-bond acceptors (Lipinski definition) is 7. The Balaban J connectivity index is 1.30. The Morgan fingerprint density at radius 3 is 2.32 bits per heavy atom. The molecule has 4 aromatic rings. The quantitative estimate of drug-likeness (QED) is 0.185. The molecule has 1 aliphatic rings. The number of thioether (sulfide) groups is 1. The number of benzene rings is 3. The number of amidine groups is 1. The van der Waals surface area contributed by atoms with Crippen LogP contribution in [0.2, 0.25) is 0 Å². The van der Waals surface area contributed by atoms with Crippen LogP contribution in [0.1, 0.15) is 30.9 Å². The summed E-state index contributed by atoms with van der Waals surface area (Å²) in [7, 11) is 1.58. The van der Waals surface area contributed by atoms with Crippen molar-refractivity contribution in [1.29, 1.82) is 0 Å². The van der Waals surface area contributed by atoms with E-state index in [1.54, 1.807) is 31.3 Å². The monoisotopic (exact) mass is 673 g/mol. The zero-order valence-electron chi connectivity index (χ0n) is 25.4.